The Kier molecular flexibility index (Phi) is 6.11. The molecule has 0 spiro atoms. The van der Waals surface area contributed by atoms with E-state index >= 15 is 0 Å². The van der Waals surface area contributed by atoms with Crippen molar-refractivity contribution in [1.82, 2.24) is 9.88 Å². The Hall–Kier alpha value is -3.22. The van der Waals surface area contributed by atoms with Crippen LogP contribution in [-0.4, -0.2) is 42.6 Å². The molecule has 33 heavy (non-hydrogen) atoms. The number of carbonyl (C=O) groups excluding carboxylic acids is 1. The molecule has 0 bridgehead atoms. The van der Waals surface area contributed by atoms with Gasteiger partial charge in [-0.2, -0.15) is 0 Å². The van der Waals surface area contributed by atoms with Gasteiger partial charge in [0.25, 0.3) is 0 Å². The molecular weight excluding hydrogens is 414 g/mol. The minimum Gasteiger partial charge on any atom is -0.496 e. The van der Waals surface area contributed by atoms with E-state index < -0.39 is 5.91 Å². The molecule has 3 aromatic rings. The van der Waals surface area contributed by atoms with Gasteiger partial charge in [0.15, 0.2) is 0 Å². The molecule has 2 N–H and O–H groups in total. The average Bonchev–Trinajstić information content (AvgIpc) is 3.31. The largest absolute Gasteiger partial charge is 0.496 e. The van der Waals surface area contributed by atoms with Crippen LogP contribution in [0.3, 0.4) is 0 Å². The second kappa shape index (κ2) is 9.33. The van der Waals surface area contributed by atoms with Gasteiger partial charge in [-0.3, -0.25) is 14.7 Å². The summed E-state index contributed by atoms with van der Waals surface area (Å²) in [4.78, 5) is 18.8. The Balaban J connectivity index is 1.34. The zero-order valence-electron chi connectivity index (χ0n) is 18.9. The van der Waals surface area contributed by atoms with Gasteiger partial charge in [-0.15, -0.1) is 0 Å². The topological polar surface area (TPSA) is 77.7 Å². The number of carbonyl (C=O) groups is 1. The van der Waals surface area contributed by atoms with Gasteiger partial charge in [-0.05, 0) is 60.7 Å². The zero-order chi connectivity index (χ0) is 22.8. The van der Waals surface area contributed by atoms with E-state index in [0.29, 0.717) is 12.2 Å². The highest BCUT2D eigenvalue weighted by atomic mass is 16.5. The van der Waals surface area contributed by atoms with Gasteiger partial charge in [0.2, 0.25) is 5.91 Å². The van der Waals surface area contributed by atoms with Crippen molar-refractivity contribution in [2.45, 2.75) is 31.9 Å². The number of nitrogens with zero attached hydrogens (tertiary/aromatic N) is 2. The third-order valence-electron chi connectivity index (χ3n) is 6.58. The standard InChI is InChI=1S/C27H29N3O3/c1-32-25-15-19-6-2-5-18(19)13-22(25)16-30-11-12-33-26(17-30)24-10-4-9-23(29-24)20-7-3-8-21(14-20)27(28)31/h3-4,7-10,13-15,26H,2,5-6,11-12,16-17H2,1H3,(H2,28,31)/t26-/m0/s1. The van der Waals surface area contributed by atoms with Crippen molar-refractivity contribution >= 4 is 5.91 Å². The Bertz CT molecular complexity index is 1180. The lowest BCUT2D eigenvalue weighted by molar-refractivity contribution is -0.0351. The number of methoxy groups -OCH3 is 1. The van der Waals surface area contributed by atoms with Gasteiger partial charge in [0.05, 0.1) is 25.1 Å². The van der Waals surface area contributed by atoms with E-state index in [1.165, 1.54) is 23.1 Å². The molecule has 6 heteroatoms. The number of rotatable bonds is 6. The van der Waals surface area contributed by atoms with Crippen LogP contribution >= 0.6 is 0 Å². The monoisotopic (exact) mass is 443 g/mol. The number of hydrogen-bond donors (Lipinski definition) is 1. The first kappa shape index (κ1) is 21.6. The number of primary amides is 1. The van der Waals surface area contributed by atoms with Crippen molar-refractivity contribution in [2.75, 3.05) is 26.8 Å². The van der Waals surface area contributed by atoms with Gasteiger partial charge in [-0.25, -0.2) is 0 Å². The number of morpholine rings is 1. The smallest absolute Gasteiger partial charge is 0.248 e. The second-order valence-electron chi connectivity index (χ2n) is 8.77. The van der Waals surface area contributed by atoms with Crippen LogP contribution in [0, 0.1) is 0 Å². The molecule has 1 amide bonds. The lowest BCUT2D eigenvalue weighted by Gasteiger charge is -2.33. The van der Waals surface area contributed by atoms with Crippen molar-refractivity contribution < 1.29 is 14.3 Å². The van der Waals surface area contributed by atoms with Crippen LogP contribution in [0.5, 0.6) is 5.75 Å². The van der Waals surface area contributed by atoms with Gasteiger partial charge in [0.1, 0.15) is 11.9 Å². The maximum absolute atomic E-state index is 11.6. The summed E-state index contributed by atoms with van der Waals surface area (Å²) in [5, 5.41) is 0. The quantitative estimate of drug-likeness (QED) is 0.625. The fraction of sp³-hybridized carbons (Fsp3) is 0.333. The van der Waals surface area contributed by atoms with E-state index in [-0.39, 0.29) is 6.10 Å². The van der Waals surface area contributed by atoms with E-state index in [9.17, 15) is 4.79 Å². The van der Waals surface area contributed by atoms with Crippen molar-refractivity contribution in [1.29, 1.82) is 0 Å². The Labute approximate surface area is 194 Å². The molecular formula is C27H29N3O3. The van der Waals surface area contributed by atoms with Gasteiger partial charge in [-0.1, -0.05) is 24.3 Å². The Morgan fingerprint density at radius 1 is 1.15 bits per heavy atom. The van der Waals surface area contributed by atoms with Gasteiger partial charge < -0.3 is 15.2 Å². The minimum absolute atomic E-state index is 0.113. The molecule has 170 valence electrons. The molecule has 5 rings (SSSR count). The minimum atomic E-state index is -0.443. The summed E-state index contributed by atoms with van der Waals surface area (Å²) in [5.41, 5.74) is 12.6. The molecule has 0 radical (unpaired) electrons. The molecule has 1 aromatic heterocycles. The van der Waals surface area contributed by atoms with E-state index in [4.69, 9.17) is 20.2 Å². The van der Waals surface area contributed by atoms with Crippen LogP contribution in [-0.2, 0) is 24.1 Å². The van der Waals surface area contributed by atoms with E-state index in [2.05, 4.69) is 17.0 Å². The van der Waals surface area contributed by atoms with Crippen LogP contribution in [0.1, 0.15) is 45.3 Å². The first-order valence-electron chi connectivity index (χ1n) is 11.5. The second-order valence-corrected chi connectivity index (χ2v) is 8.77. The Morgan fingerprint density at radius 3 is 2.79 bits per heavy atom. The molecule has 2 aromatic carbocycles. The number of nitrogens with two attached hydrogens (primary N) is 1. The number of amides is 1. The summed E-state index contributed by atoms with van der Waals surface area (Å²) >= 11 is 0. The average molecular weight is 444 g/mol. The molecule has 0 saturated carbocycles. The van der Waals surface area contributed by atoms with Crippen LogP contribution in [0.15, 0.2) is 54.6 Å². The molecule has 1 aliphatic carbocycles. The van der Waals surface area contributed by atoms with Crippen LogP contribution < -0.4 is 10.5 Å². The third kappa shape index (κ3) is 4.63. The highest BCUT2D eigenvalue weighted by Gasteiger charge is 2.25. The first-order valence-corrected chi connectivity index (χ1v) is 11.5. The fourth-order valence-corrected chi connectivity index (χ4v) is 4.86. The molecule has 2 heterocycles. The SMILES string of the molecule is COc1cc2c(cc1CN1CCO[C@H](c3cccc(-c4cccc(C(N)=O)c4)n3)C1)CCC2. The number of ether oxygens (including phenoxy) is 2. The number of aryl methyl sites for hydroxylation is 2. The molecule has 0 unspecified atom stereocenters. The summed E-state index contributed by atoms with van der Waals surface area (Å²) in [7, 11) is 1.75. The maximum atomic E-state index is 11.6. The normalized spacial score (nSPS) is 18.2. The number of benzene rings is 2. The van der Waals surface area contributed by atoms with E-state index in [0.717, 1.165) is 55.2 Å². The molecule has 1 aliphatic heterocycles. The number of fused-ring (bicyclic) bond motifs is 1. The molecule has 1 saturated heterocycles. The third-order valence-corrected chi connectivity index (χ3v) is 6.58. The lowest BCUT2D eigenvalue weighted by atomic mass is 10.0. The van der Waals surface area contributed by atoms with Crippen LogP contribution in [0.25, 0.3) is 11.3 Å². The van der Waals surface area contributed by atoms with Crippen molar-refractivity contribution in [3.05, 3.63) is 82.5 Å². The highest BCUT2D eigenvalue weighted by Crippen LogP contribution is 2.32. The summed E-state index contributed by atoms with van der Waals surface area (Å²) in [6.07, 6.45) is 3.42. The maximum Gasteiger partial charge on any atom is 0.248 e. The summed E-state index contributed by atoms with van der Waals surface area (Å²) in [5.74, 6) is 0.536. The lowest BCUT2D eigenvalue weighted by Crippen LogP contribution is -2.38. The summed E-state index contributed by atoms with van der Waals surface area (Å²) < 4.78 is 11.8. The first-order chi connectivity index (χ1) is 16.1. The van der Waals surface area contributed by atoms with E-state index in [1.54, 1.807) is 19.2 Å². The number of aromatic nitrogens is 1. The van der Waals surface area contributed by atoms with Crippen molar-refractivity contribution in [3.63, 3.8) is 0 Å². The fourth-order valence-electron chi connectivity index (χ4n) is 4.86. The summed E-state index contributed by atoms with van der Waals surface area (Å²) in [6.45, 7) is 3.12. The molecule has 1 atom stereocenters. The predicted octanol–water partition coefficient (Wildman–Crippen LogP) is 3.92. The molecule has 6 nitrogen and oxygen atoms in total. The van der Waals surface area contributed by atoms with Crippen molar-refractivity contribution in [3.8, 4) is 17.0 Å². The van der Waals surface area contributed by atoms with Crippen molar-refractivity contribution in [2.24, 2.45) is 5.73 Å². The van der Waals surface area contributed by atoms with Crippen LogP contribution in [0.2, 0.25) is 0 Å². The highest BCUT2D eigenvalue weighted by molar-refractivity contribution is 5.94. The molecule has 1 fully saturated rings. The van der Waals surface area contributed by atoms with Crippen LogP contribution in [0.4, 0.5) is 0 Å². The van der Waals surface area contributed by atoms with E-state index in [1.807, 2.05) is 30.3 Å². The van der Waals surface area contributed by atoms with Gasteiger partial charge in [0, 0.05) is 36.3 Å². The molecule has 2 aliphatic rings. The zero-order valence-corrected chi connectivity index (χ0v) is 18.9. The predicted molar refractivity (Wildman–Crippen MR) is 127 cm³/mol. The number of hydrogen-bond acceptors (Lipinski definition) is 5. The van der Waals surface area contributed by atoms with Gasteiger partial charge >= 0.3 is 0 Å². The summed E-state index contributed by atoms with van der Waals surface area (Å²) in [6, 6.07) is 17.7. The number of pyridine rings is 1. The Morgan fingerprint density at radius 2 is 1.97 bits per heavy atom.